The van der Waals surface area contributed by atoms with Crippen LogP contribution in [0, 0.1) is 0 Å². The molecule has 2 rings (SSSR count). The molecule has 0 aromatic heterocycles. The van der Waals surface area contributed by atoms with Gasteiger partial charge in [-0.3, -0.25) is 4.90 Å². The zero-order valence-corrected chi connectivity index (χ0v) is 15.4. The van der Waals surface area contributed by atoms with Gasteiger partial charge in [-0.2, -0.15) is 26.3 Å². The van der Waals surface area contributed by atoms with Gasteiger partial charge in [0.05, 0.1) is 19.1 Å². The van der Waals surface area contributed by atoms with Gasteiger partial charge in [-0.15, -0.1) is 24.8 Å². The summed E-state index contributed by atoms with van der Waals surface area (Å²) in [6, 6.07) is 1.55. The maximum atomic E-state index is 13.0. The van der Waals surface area contributed by atoms with Crippen LogP contribution in [-0.4, -0.2) is 44.4 Å². The molecule has 1 aromatic carbocycles. The van der Waals surface area contributed by atoms with Crippen LogP contribution in [0.25, 0.3) is 0 Å². The second-order valence-electron chi connectivity index (χ2n) is 5.58. The number of halogens is 8. The van der Waals surface area contributed by atoms with E-state index in [4.69, 9.17) is 4.74 Å². The number of ether oxygens (including phenoxy) is 1. The second kappa shape index (κ2) is 9.87. The van der Waals surface area contributed by atoms with Crippen molar-refractivity contribution in [2.45, 2.75) is 24.8 Å². The smallest absolute Gasteiger partial charge is 0.416 e. The third kappa shape index (κ3) is 6.68. The average molecular weight is 429 g/mol. The number of benzene rings is 1. The second-order valence-corrected chi connectivity index (χ2v) is 5.58. The van der Waals surface area contributed by atoms with Crippen molar-refractivity contribution >= 4 is 24.8 Å². The quantitative estimate of drug-likeness (QED) is 0.716. The van der Waals surface area contributed by atoms with Gasteiger partial charge in [0, 0.05) is 37.8 Å². The summed E-state index contributed by atoms with van der Waals surface area (Å²) in [4.78, 5) is 1.62. The molecule has 0 radical (unpaired) electrons. The van der Waals surface area contributed by atoms with Gasteiger partial charge >= 0.3 is 12.4 Å². The number of hydrogen-bond donors (Lipinski definition) is 1. The molecule has 1 heterocycles. The predicted molar refractivity (Wildman–Crippen MR) is 90.3 cm³/mol. The fraction of sp³-hybridized carbons (Fsp3) is 0.600. The van der Waals surface area contributed by atoms with Crippen LogP contribution in [0.2, 0.25) is 0 Å². The maximum absolute atomic E-state index is 13.0. The number of methoxy groups -OCH3 is 1. The highest BCUT2D eigenvalue weighted by Gasteiger charge is 2.38. The van der Waals surface area contributed by atoms with Crippen molar-refractivity contribution in [3.05, 3.63) is 29.3 Å². The normalized spacial score (nSPS) is 17.0. The Morgan fingerprint density at radius 1 is 1.08 bits per heavy atom. The van der Waals surface area contributed by atoms with E-state index in [0.717, 1.165) is 25.3 Å². The number of hydrogen-bond acceptors (Lipinski definition) is 3. The lowest BCUT2D eigenvalue weighted by Crippen LogP contribution is -2.46. The minimum atomic E-state index is -4.58. The topological polar surface area (TPSA) is 24.5 Å². The SMILES string of the molecule is COc1cc(C(F)(F)F)ccc1[C@H](CC(F)(F)F)N1CCNCC1.Cl.Cl. The largest absolute Gasteiger partial charge is 0.496 e. The summed E-state index contributed by atoms with van der Waals surface area (Å²) < 4.78 is 82.3. The van der Waals surface area contributed by atoms with Gasteiger partial charge in [0.25, 0.3) is 0 Å². The molecule has 26 heavy (non-hydrogen) atoms. The molecule has 1 N–H and O–H groups in total. The van der Waals surface area contributed by atoms with E-state index in [2.05, 4.69) is 5.32 Å². The summed E-state index contributed by atoms with van der Waals surface area (Å²) in [6.45, 7) is 1.81. The molecule has 0 saturated carbocycles. The number of alkyl halides is 6. The molecule has 1 fully saturated rings. The predicted octanol–water partition coefficient (Wildman–Crippen LogP) is 4.46. The molecule has 0 bridgehead atoms. The van der Waals surface area contributed by atoms with Crippen LogP contribution in [0.1, 0.15) is 23.6 Å². The van der Waals surface area contributed by atoms with Gasteiger partial charge in [-0.1, -0.05) is 6.07 Å². The number of piperazine rings is 1. The first-order chi connectivity index (χ1) is 11.1. The highest BCUT2D eigenvalue weighted by atomic mass is 35.5. The Hall–Kier alpha value is -0.900. The Bertz CT molecular complexity index is 562. The third-order valence-corrected chi connectivity index (χ3v) is 3.94. The van der Waals surface area contributed by atoms with Gasteiger partial charge < -0.3 is 10.1 Å². The zero-order valence-electron chi connectivity index (χ0n) is 13.8. The van der Waals surface area contributed by atoms with Gasteiger partial charge in [0.1, 0.15) is 5.75 Å². The molecular formula is C15H20Cl2F6N2O. The molecule has 0 aliphatic carbocycles. The van der Waals surface area contributed by atoms with Crippen LogP contribution >= 0.6 is 24.8 Å². The minimum Gasteiger partial charge on any atom is -0.496 e. The molecule has 0 amide bonds. The summed E-state index contributed by atoms with van der Waals surface area (Å²) in [6.07, 6.45) is -10.2. The Balaban J connectivity index is 0.00000312. The number of nitrogens with one attached hydrogen (secondary N) is 1. The lowest BCUT2D eigenvalue weighted by atomic mass is 9.98. The van der Waals surface area contributed by atoms with Gasteiger partial charge in [-0.05, 0) is 12.1 Å². The molecule has 0 spiro atoms. The van der Waals surface area contributed by atoms with Crippen LogP contribution in [0.15, 0.2) is 18.2 Å². The summed E-state index contributed by atoms with van der Waals surface area (Å²) in [5.41, 5.74) is -0.834. The first kappa shape index (κ1) is 25.1. The molecule has 0 unspecified atom stereocenters. The van der Waals surface area contributed by atoms with Crippen LogP contribution in [0.5, 0.6) is 5.75 Å². The molecule has 1 atom stereocenters. The Labute approximate surface area is 159 Å². The Morgan fingerprint density at radius 2 is 1.65 bits per heavy atom. The molecule has 1 saturated heterocycles. The molecular weight excluding hydrogens is 409 g/mol. The Kier molecular flexibility index (Phi) is 9.53. The van der Waals surface area contributed by atoms with Gasteiger partial charge in [0.2, 0.25) is 0 Å². The molecule has 11 heteroatoms. The maximum Gasteiger partial charge on any atom is 0.416 e. The van der Waals surface area contributed by atoms with E-state index in [-0.39, 0.29) is 36.1 Å². The first-order valence-electron chi connectivity index (χ1n) is 7.38. The van der Waals surface area contributed by atoms with Crippen molar-refractivity contribution in [2.24, 2.45) is 0 Å². The van der Waals surface area contributed by atoms with E-state index in [0.29, 0.717) is 26.2 Å². The molecule has 152 valence electrons. The summed E-state index contributed by atoms with van der Waals surface area (Å²) >= 11 is 0. The van der Waals surface area contributed by atoms with E-state index >= 15 is 0 Å². The minimum absolute atomic E-state index is 0. The number of nitrogens with zero attached hydrogens (tertiary/aromatic N) is 1. The molecule has 1 aliphatic rings. The highest BCUT2D eigenvalue weighted by molar-refractivity contribution is 5.85. The van der Waals surface area contributed by atoms with Crippen LogP contribution in [-0.2, 0) is 6.18 Å². The molecule has 1 aromatic rings. The Morgan fingerprint density at radius 3 is 2.12 bits per heavy atom. The van der Waals surface area contributed by atoms with Crippen LogP contribution in [0.3, 0.4) is 0 Å². The van der Waals surface area contributed by atoms with Crippen molar-refractivity contribution in [2.75, 3.05) is 33.3 Å². The molecule has 1 aliphatic heterocycles. The van der Waals surface area contributed by atoms with Crippen molar-refractivity contribution in [3.63, 3.8) is 0 Å². The van der Waals surface area contributed by atoms with Crippen LogP contribution in [0.4, 0.5) is 26.3 Å². The van der Waals surface area contributed by atoms with Crippen molar-refractivity contribution < 1.29 is 31.1 Å². The van der Waals surface area contributed by atoms with E-state index in [1.54, 1.807) is 4.90 Å². The fourth-order valence-electron chi connectivity index (χ4n) is 2.81. The highest BCUT2D eigenvalue weighted by Crippen LogP contribution is 2.40. The van der Waals surface area contributed by atoms with Gasteiger partial charge in [0.15, 0.2) is 0 Å². The summed E-state index contributed by atoms with van der Waals surface area (Å²) in [5.74, 6) is -0.183. The van der Waals surface area contributed by atoms with E-state index < -0.39 is 30.4 Å². The summed E-state index contributed by atoms with van der Waals surface area (Å²) in [5, 5.41) is 3.04. The van der Waals surface area contributed by atoms with E-state index in [1.165, 1.54) is 0 Å². The van der Waals surface area contributed by atoms with Crippen molar-refractivity contribution in [1.82, 2.24) is 10.2 Å². The van der Waals surface area contributed by atoms with Crippen LogP contribution < -0.4 is 10.1 Å². The summed E-state index contributed by atoms with van der Waals surface area (Å²) in [7, 11) is 1.15. The number of rotatable bonds is 4. The van der Waals surface area contributed by atoms with E-state index in [9.17, 15) is 26.3 Å². The first-order valence-corrected chi connectivity index (χ1v) is 7.38. The third-order valence-electron chi connectivity index (χ3n) is 3.94. The zero-order chi connectivity index (χ0) is 18.0. The van der Waals surface area contributed by atoms with Crippen molar-refractivity contribution in [1.29, 1.82) is 0 Å². The average Bonchev–Trinajstić information content (AvgIpc) is 2.51. The van der Waals surface area contributed by atoms with Gasteiger partial charge in [-0.25, -0.2) is 0 Å². The standard InChI is InChI=1S/C15H18F6N2O.2ClH/c1-24-13-8-10(15(19,20)21)2-3-11(13)12(9-14(16,17)18)23-6-4-22-5-7-23;;/h2-3,8,12,22H,4-7,9H2,1H3;2*1H/t12-;;/m0../s1. The lowest BCUT2D eigenvalue weighted by Gasteiger charge is -2.36. The lowest BCUT2D eigenvalue weighted by molar-refractivity contribution is -0.149. The fourth-order valence-corrected chi connectivity index (χ4v) is 2.81. The monoisotopic (exact) mass is 428 g/mol. The van der Waals surface area contributed by atoms with Crippen molar-refractivity contribution in [3.8, 4) is 5.75 Å². The van der Waals surface area contributed by atoms with E-state index in [1.807, 2.05) is 0 Å². The molecule has 3 nitrogen and oxygen atoms in total.